The maximum atomic E-state index is 13.4. The normalized spacial score (nSPS) is 16.7. The number of aromatic amines is 1. The number of hydrogen-bond acceptors (Lipinski definition) is 3. The van der Waals surface area contributed by atoms with E-state index in [1.807, 2.05) is 0 Å². The third-order valence-corrected chi connectivity index (χ3v) is 3.75. The van der Waals surface area contributed by atoms with Crippen molar-refractivity contribution in [1.29, 1.82) is 0 Å². The molecule has 0 amide bonds. The van der Waals surface area contributed by atoms with Crippen LogP contribution in [0.3, 0.4) is 0 Å². The summed E-state index contributed by atoms with van der Waals surface area (Å²) in [6.45, 7) is 0. The molecule has 1 aromatic carbocycles. The fraction of sp³-hybridized carbons (Fsp3) is 0.429. The first-order valence-corrected chi connectivity index (χ1v) is 6.72. The second-order valence-corrected chi connectivity index (χ2v) is 5.12. The van der Waals surface area contributed by atoms with Gasteiger partial charge in [-0.1, -0.05) is 19.3 Å². The third-order valence-electron chi connectivity index (χ3n) is 3.75. The van der Waals surface area contributed by atoms with Crippen LogP contribution in [0.5, 0.6) is 0 Å². The molecule has 3 rings (SSSR count). The smallest absolute Gasteiger partial charge is 0.181 e. The van der Waals surface area contributed by atoms with Gasteiger partial charge in [0.25, 0.3) is 0 Å². The van der Waals surface area contributed by atoms with E-state index < -0.39 is 5.82 Å². The summed E-state index contributed by atoms with van der Waals surface area (Å²) in [5, 5.41) is 7.18. The molecule has 1 saturated carbocycles. The van der Waals surface area contributed by atoms with Crippen molar-refractivity contribution in [1.82, 2.24) is 15.2 Å². The van der Waals surface area contributed by atoms with Gasteiger partial charge in [-0.05, 0) is 31.0 Å². The van der Waals surface area contributed by atoms with Gasteiger partial charge in [-0.25, -0.2) is 9.37 Å². The highest BCUT2D eigenvalue weighted by Gasteiger charge is 2.19. The summed E-state index contributed by atoms with van der Waals surface area (Å²) in [5.74, 6) is 1.50. The van der Waals surface area contributed by atoms with Crippen LogP contribution in [-0.2, 0) is 0 Å². The van der Waals surface area contributed by atoms with Crippen LogP contribution in [0.25, 0.3) is 11.4 Å². The molecule has 0 unspecified atom stereocenters. The first kappa shape index (κ1) is 12.1. The zero-order valence-corrected chi connectivity index (χ0v) is 10.7. The number of rotatable bonds is 2. The van der Waals surface area contributed by atoms with Gasteiger partial charge in [0.15, 0.2) is 5.82 Å². The lowest BCUT2D eigenvalue weighted by molar-refractivity contribution is 0.429. The Morgan fingerprint density at radius 2 is 2.00 bits per heavy atom. The van der Waals surface area contributed by atoms with E-state index in [-0.39, 0.29) is 5.69 Å². The summed E-state index contributed by atoms with van der Waals surface area (Å²) in [7, 11) is 0. The van der Waals surface area contributed by atoms with Crippen molar-refractivity contribution >= 4 is 5.69 Å². The second kappa shape index (κ2) is 4.99. The monoisotopic (exact) mass is 260 g/mol. The van der Waals surface area contributed by atoms with Gasteiger partial charge in [0.05, 0.1) is 5.69 Å². The van der Waals surface area contributed by atoms with Crippen LogP contribution < -0.4 is 5.73 Å². The standard InChI is InChI=1S/C14H17FN4/c15-11-8-10(6-7-12(11)16)14-17-13(18-19-14)9-4-2-1-3-5-9/h6-9H,1-5,16H2,(H,17,18,19). The number of hydrogen-bond donors (Lipinski definition) is 2. The van der Waals surface area contributed by atoms with Crippen LogP contribution in [0.15, 0.2) is 18.2 Å². The Bertz CT molecular complexity index is 573. The number of benzene rings is 1. The Kier molecular flexibility index (Phi) is 3.19. The van der Waals surface area contributed by atoms with Crippen molar-refractivity contribution in [3.8, 4) is 11.4 Å². The molecule has 0 radical (unpaired) electrons. The minimum Gasteiger partial charge on any atom is -0.396 e. The van der Waals surface area contributed by atoms with Crippen molar-refractivity contribution in [3.05, 3.63) is 29.8 Å². The van der Waals surface area contributed by atoms with Crippen LogP contribution in [0, 0.1) is 5.82 Å². The average Bonchev–Trinajstić information content (AvgIpc) is 2.93. The molecule has 100 valence electrons. The minimum atomic E-state index is -0.429. The molecule has 1 fully saturated rings. The SMILES string of the molecule is Nc1ccc(-c2n[nH]c(C3CCCCC3)n2)cc1F. The molecule has 0 aliphatic heterocycles. The molecule has 5 heteroatoms. The van der Waals surface area contributed by atoms with Gasteiger partial charge in [-0.2, -0.15) is 5.10 Å². The summed E-state index contributed by atoms with van der Waals surface area (Å²) in [6.07, 6.45) is 6.12. The highest BCUT2D eigenvalue weighted by atomic mass is 19.1. The van der Waals surface area contributed by atoms with Crippen molar-refractivity contribution in [2.24, 2.45) is 0 Å². The molecule has 4 nitrogen and oxygen atoms in total. The number of nitrogens with one attached hydrogen (secondary N) is 1. The van der Waals surface area contributed by atoms with Gasteiger partial charge in [0, 0.05) is 11.5 Å². The van der Waals surface area contributed by atoms with Gasteiger partial charge in [-0.15, -0.1) is 0 Å². The largest absolute Gasteiger partial charge is 0.396 e. The van der Waals surface area contributed by atoms with E-state index in [1.54, 1.807) is 12.1 Å². The fourth-order valence-electron chi connectivity index (χ4n) is 2.63. The predicted molar refractivity (Wildman–Crippen MR) is 72.0 cm³/mol. The number of nitrogen functional groups attached to an aromatic ring is 1. The van der Waals surface area contributed by atoms with Gasteiger partial charge < -0.3 is 5.73 Å². The van der Waals surface area contributed by atoms with Crippen LogP contribution in [0.1, 0.15) is 43.8 Å². The fourth-order valence-corrected chi connectivity index (χ4v) is 2.63. The number of anilines is 1. The molecular formula is C14H17FN4. The van der Waals surface area contributed by atoms with E-state index in [9.17, 15) is 4.39 Å². The van der Waals surface area contributed by atoms with Gasteiger partial charge >= 0.3 is 0 Å². The number of nitrogens with two attached hydrogens (primary N) is 1. The van der Waals surface area contributed by atoms with Crippen molar-refractivity contribution in [3.63, 3.8) is 0 Å². The van der Waals surface area contributed by atoms with Crippen molar-refractivity contribution < 1.29 is 4.39 Å². The Morgan fingerprint density at radius 3 is 2.74 bits per heavy atom. The minimum absolute atomic E-state index is 0.145. The molecule has 2 aromatic rings. The molecule has 19 heavy (non-hydrogen) atoms. The summed E-state index contributed by atoms with van der Waals surface area (Å²) >= 11 is 0. The van der Waals surface area contributed by atoms with Gasteiger partial charge in [0.1, 0.15) is 11.6 Å². The highest BCUT2D eigenvalue weighted by molar-refractivity contribution is 5.59. The number of nitrogens with zero attached hydrogens (tertiary/aromatic N) is 2. The second-order valence-electron chi connectivity index (χ2n) is 5.12. The molecular weight excluding hydrogens is 243 g/mol. The van der Waals surface area contributed by atoms with E-state index >= 15 is 0 Å². The first-order chi connectivity index (χ1) is 9.24. The lowest BCUT2D eigenvalue weighted by atomic mass is 9.89. The Hall–Kier alpha value is -1.91. The molecule has 3 N–H and O–H groups in total. The quantitative estimate of drug-likeness (QED) is 0.814. The highest BCUT2D eigenvalue weighted by Crippen LogP contribution is 2.31. The molecule has 0 atom stereocenters. The van der Waals surface area contributed by atoms with Gasteiger partial charge in [0.2, 0.25) is 0 Å². The third kappa shape index (κ3) is 2.45. The van der Waals surface area contributed by atoms with E-state index in [1.165, 1.54) is 25.3 Å². The maximum Gasteiger partial charge on any atom is 0.181 e. The molecule has 1 heterocycles. The zero-order chi connectivity index (χ0) is 13.2. The molecule has 1 aliphatic carbocycles. The van der Waals surface area contributed by atoms with E-state index in [2.05, 4.69) is 15.2 Å². The Balaban J connectivity index is 1.85. The van der Waals surface area contributed by atoms with E-state index in [0.717, 1.165) is 18.7 Å². The molecule has 0 saturated heterocycles. The van der Waals surface area contributed by atoms with E-state index in [4.69, 9.17) is 5.73 Å². The predicted octanol–water partition coefficient (Wildman–Crippen LogP) is 3.24. The summed E-state index contributed by atoms with van der Waals surface area (Å²) in [5.41, 5.74) is 6.27. The van der Waals surface area contributed by atoms with Crippen LogP contribution in [-0.4, -0.2) is 15.2 Å². The average molecular weight is 260 g/mol. The Morgan fingerprint density at radius 1 is 1.21 bits per heavy atom. The molecule has 1 aromatic heterocycles. The van der Waals surface area contributed by atoms with Crippen molar-refractivity contribution in [2.45, 2.75) is 38.0 Å². The number of H-pyrrole nitrogens is 1. The Labute approximate surface area is 111 Å². The first-order valence-electron chi connectivity index (χ1n) is 6.72. The maximum absolute atomic E-state index is 13.4. The lowest BCUT2D eigenvalue weighted by Gasteiger charge is -2.18. The number of halogens is 1. The van der Waals surface area contributed by atoms with Crippen LogP contribution in [0.2, 0.25) is 0 Å². The topological polar surface area (TPSA) is 67.6 Å². The molecule has 0 spiro atoms. The van der Waals surface area contributed by atoms with Crippen molar-refractivity contribution in [2.75, 3.05) is 5.73 Å². The zero-order valence-electron chi connectivity index (χ0n) is 10.7. The van der Waals surface area contributed by atoms with E-state index in [0.29, 0.717) is 17.3 Å². The van der Waals surface area contributed by atoms with Crippen LogP contribution >= 0.6 is 0 Å². The number of aromatic nitrogens is 3. The van der Waals surface area contributed by atoms with Gasteiger partial charge in [-0.3, -0.25) is 5.10 Å². The summed E-state index contributed by atoms with van der Waals surface area (Å²) < 4.78 is 13.4. The summed E-state index contributed by atoms with van der Waals surface area (Å²) in [6, 6.07) is 4.66. The lowest BCUT2D eigenvalue weighted by Crippen LogP contribution is -2.06. The molecule has 0 bridgehead atoms. The van der Waals surface area contributed by atoms with Crippen LogP contribution in [0.4, 0.5) is 10.1 Å². The molecule has 1 aliphatic rings. The summed E-state index contributed by atoms with van der Waals surface area (Å²) in [4.78, 5) is 4.50.